The summed E-state index contributed by atoms with van der Waals surface area (Å²) in [5.41, 5.74) is 0. The molecule has 0 amide bonds. The van der Waals surface area contributed by atoms with Crippen molar-refractivity contribution in [2.75, 3.05) is 20.0 Å². The summed E-state index contributed by atoms with van der Waals surface area (Å²) in [6, 6.07) is 0. The molecule has 0 aliphatic carbocycles. The molecule has 0 aliphatic heterocycles. The van der Waals surface area contributed by atoms with Crippen molar-refractivity contribution < 1.29 is 27.2 Å². The van der Waals surface area contributed by atoms with E-state index in [2.05, 4.69) is 8.92 Å². The fourth-order valence-electron chi connectivity index (χ4n) is 0.645. The minimum atomic E-state index is -3.66. The number of carbonyl (C=O) groups is 1. The zero-order valence-electron chi connectivity index (χ0n) is 7.39. The summed E-state index contributed by atoms with van der Waals surface area (Å²) in [5.74, 6) is -0.636. The van der Waals surface area contributed by atoms with E-state index in [0.717, 1.165) is 13.4 Å². The number of aliphatic hydroxyl groups excluding tert-OH is 1. The van der Waals surface area contributed by atoms with Crippen LogP contribution in [0, 0.1) is 0 Å². The van der Waals surface area contributed by atoms with Gasteiger partial charge < -0.3 is 9.84 Å². The highest BCUT2D eigenvalue weighted by atomic mass is 32.2. The molecule has 7 heteroatoms. The first kappa shape index (κ1) is 12.3. The van der Waals surface area contributed by atoms with Gasteiger partial charge in [-0.05, 0) is 0 Å². The highest BCUT2D eigenvalue weighted by Gasteiger charge is 2.18. The normalized spacial score (nSPS) is 13.8. The molecule has 0 radical (unpaired) electrons. The molecule has 0 aromatic heterocycles. The lowest BCUT2D eigenvalue weighted by molar-refractivity contribution is -0.142. The Bertz CT molecular complexity index is 256. The highest BCUT2D eigenvalue weighted by molar-refractivity contribution is 7.86. The molecular formula is C6H12O6S. The van der Waals surface area contributed by atoms with Gasteiger partial charge in [-0.15, -0.1) is 0 Å². The van der Waals surface area contributed by atoms with Crippen molar-refractivity contribution in [2.24, 2.45) is 0 Å². The van der Waals surface area contributed by atoms with Crippen LogP contribution in [0.25, 0.3) is 0 Å². The summed E-state index contributed by atoms with van der Waals surface area (Å²) in [6.07, 6.45) is -0.519. The van der Waals surface area contributed by atoms with Gasteiger partial charge in [0.1, 0.15) is 6.10 Å². The number of ether oxygens (including phenoxy) is 1. The minimum absolute atomic E-state index is 0.292. The number of esters is 1. The first-order chi connectivity index (χ1) is 5.89. The summed E-state index contributed by atoms with van der Waals surface area (Å²) in [6.45, 7) is -0.553. The second kappa shape index (κ2) is 5.15. The van der Waals surface area contributed by atoms with Crippen LogP contribution in [0.5, 0.6) is 0 Å². The predicted octanol–water partition coefficient (Wildman–Crippen LogP) is -1.11. The van der Waals surface area contributed by atoms with Crippen LogP contribution in [-0.4, -0.2) is 45.6 Å². The van der Waals surface area contributed by atoms with Crippen molar-refractivity contribution in [3.63, 3.8) is 0 Å². The maximum atomic E-state index is 10.7. The van der Waals surface area contributed by atoms with Crippen LogP contribution in [0.2, 0.25) is 0 Å². The first-order valence-electron chi connectivity index (χ1n) is 3.45. The molecule has 0 bridgehead atoms. The van der Waals surface area contributed by atoms with Gasteiger partial charge in [0.2, 0.25) is 0 Å². The molecule has 0 aromatic rings. The van der Waals surface area contributed by atoms with E-state index in [1.165, 1.54) is 0 Å². The molecule has 0 saturated carbocycles. The number of hydrogen-bond acceptors (Lipinski definition) is 6. The zero-order chi connectivity index (χ0) is 10.5. The monoisotopic (exact) mass is 212 g/mol. The average Bonchev–Trinajstić information content (AvgIpc) is 2.00. The molecule has 0 aromatic carbocycles. The zero-order valence-corrected chi connectivity index (χ0v) is 8.20. The number of hydrogen-bond donors (Lipinski definition) is 1. The summed E-state index contributed by atoms with van der Waals surface area (Å²) < 4.78 is 29.8. The number of rotatable bonds is 5. The van der Waals surface area contributed by atoms with Crippen molar-refractivity contribution in [2.45, 2.75) is 12.5 Å². The SMILES string of the molecule is COC(=O)C[C@@H](CO)OS(C)(=O)=O. The molecule has 0 heterocycles. The van der Waals surface area contributed by atoms with E-state index in [1.807, 2.05) is 0 Å². The average molecular weight is 212 g/mol. The fourth-order valence-corrected chi connectivity index (χ4v) is 1.27. The predicted molar refractivity (Wildman–Crippen MR) is 43.4 cm³/mol. The maximum absolute atomic E-state index is 10.7. The van der Waals surface area contributed by atoms with Crippen molar-refractivity contribution in [1.29, 1.82) is 0 Å². The Labute approximate surface area is 76.6 Å². The molecule has 13 heavy (non-hydrogen) atoms. The second-order valence-electron chi connectivity index (χ2n) is 2.39. The van der Waals surface area contributed by atoms with E-state index in [9.17, 15) is 13.2 Å². The van der Waals surface area contributed by atoms with Gasteiger partial charge in [-0.2, -0.15) is 8.42 Å². The first-order valence-corrected chi connectivity index (χ1v) is 5.26. The van der Waals surface area contributed by atoms with Crippen LogP contribution < -0.4 is 0 Å². The van der Waals surface area contributed by atoms with E-state index in [4.69, 9.17) is 5.11 Å². The van der Waals surface area contributed by atoms with Crippen LogP contribution in [-0.2, 0) is 23.8 Å². The Morgan fingerprint density at radius 1 is 1.54 bits per heavy atom. The molecule has 0 rings (SSSR count). The second-order valence-corrected chi connectivity index (χ2v) is 3.99. The van der Waals surface area contributed by atoms with Crippen LogP contribution >= 0.6 is 0 Å². The van der Waals surface area contributed by atoms with Gasteiger partial charge >= 0.3 is 5.97 Å². The molecule has 78 valence electrons. The quantitative estimate of drug-likeness (QED) is 0.459. The van der Waals surface area contributed by atoms with Crippen molar-refractivity contribution in [3.8, 4) is 0 Å². The lowest BCUT2D eigenvalue weighted by atomic mass is 10.3. The van der Waals surface area contributed by atoms with E-state index in [-0.39, 0.29) is 6.42 Å². The van der Waals surface area contributed by atoms with Crippen LogP contribution in [0.3, 0.4) is 0 Å². The van der Waals surface area contributed by atoms with Crippen LogP contribution in [0.1, 0.15) is 6.42 Å². The molecule has 0 unspecified atom stereocenters. The van der Waals surface area contributed by atoms with Crippen molar-refractivity contribution in [1.82, 2.24) is 0 Å². The highest BCUT2D eigenvalue weighted by Crippen LogP contribution is 2.03. The molecule has 6 nitrogen and oxygen atoms in total. The Morgan fingerprint density at radius 3 is 2.38 bits per heavy atom. The molecule has 1 atom stereocenters. The molecule has 0 aliphatic rings. The van der Waals surface area contributed by atoms with Gasteiger partial charge in [0, 0.05) is 0 Å². The summed E-state index contributed by atoms with van der Waals surface area (Å²) in [4.78, 5) is 10.7. The Hall–Kier alpha value is -0.660. The van der Waals surface area contributed by atoms with Crippen LogP contribution in [0.15, 0.2) is 0 Å². The fraction of sp³-hybridized carbons (Fsp3) is 0.833. The smallest absolute Gasteiger partial charge is 0.308 e. The van der Waals surface area contributed by atoms with Gasteiger partial charge in [-0.25, -0.2) is 0 Å². The third-order valence-corrected chi connectivity index (χ3v) is 1.76. The standard InChI is InChI=1S/C6H12O6S/c1-11-6(8)3-5(4-7)12-13(2,9)10/h5,7H,3-4H2,1-2H3/t5-/m0/s1. The number of methoxy groups -OCH3 is 1. The lowest BCUT2D eigenvalue weighted by Crippen LogP contribution is -2.25. The largest absolute Gasteiger partial charge is 0.469 e. The third-order valence-electron chi connectivity index (χ3n) is 1.14. The molecule has 0 saturated heterocycles. The van der Waals surface area contributed by atoms with E-state index in [1.54, 1.807) is 0 Å². The van der Waals surface area contributed by atoms with Gasteiger partial charge in [-0.3, -0.25) is 8.98 Å². The third kappa shape index (κ3) is 6.50. The molecular weight excluding hydrogens is 200 g/mol. The number of carbonyl (C=O) groups excluding carboxylic acids is 1. The van der Waals surface area contributed by atoms with Gasteiger partial charge in [-0.1, -0.05) is 0 Å². The Kier molecular flexibility index (Phi) is 4.89. The topological polar surface area (TPSA) is 89.9 Å². The van der Waals surface area contributed by atoms with E-state index >= 15 is 0 Å². The van der Waals surface area contributed by atoms with Crippen molar-refractivity contribution >= 4 is 16.1 Å². The van der Waals surface area contributed by atoms with E-state index < -0.39 is 28.8 Å². The van der Waals surface area contributed by atoms with Gasteiger partial charge in [0.05, 0.1) is 26.4 Å². The molecule has 1 N–H and O–H groups in total. The number of aliphatic hydroxyl groups is 1. The molecule has 0 spiro atoms. The summed E-state index contributed by atoms with van der Waals surface area (Å²) in [5, 5.41) is 8.64. The van der Waals surface area contributed by atoms with E-state index in [0.29, 0.717) is 0 Å². The van der Waals surface area contributed by atoms with Gasteiger partial charge in [0.25, 0.3) is 10.1 Å². The van der Waals surface area contributed by atoms with Crippen LogP contribution in [0.4, 0.5) is 0 Å². The maximum Gasteiger partial charge on any atom is 0.308 e. The Morgan fingerprint density at radius 2 is 2.08 bits per heavy atom. The Balaban J connectivity index is 4.13. The van der Waals surface area contributed by atoms with Crippen molar-refractivity contribution in [3.05, 3.63) is 0 Å². The summed E-state index contributed by atoms with van der Waals surface area (Å²) in [7, 11) is -2.49. The summed E-state index contributed by atoms with van der Waals surface area (Å²) >= 11 is 0. The minimum Gasteiger partial charge on any atom is -0.469 e. The molecule has 0 fully saturated rings. The van der Waals surface area contributed by atoms with Gasteiger partial charge in [0.15, 0.2) is 0 Å². The lowest BCUT2D eigenvalue weighted by Gasteiger charge is -2.11.